The number of anilines is 1. The molecule has 0 spiro atoms. The van der Waals surface area contributed by atoms with Crippen molar-refractivity contribution in [1.29, 1.82) is 0 Å². The molecule has 1 aromatic carbocycles. The minimum absolute atomic E-state index is 0.471. The third-order valence-corrected chi connectivity index (χ3v) is 2.35. The molecule has 4 heteroatoms. The molecule has 0 bridgehead atoms. The Labute approximate surface area is 80.1 Å². The van der Waals surface area contributed by atoms with Crippen LogP contribution in [0.3, 0.4) is 0 Å². The third-order valence-electron chi connectivity index (χ3n) is 2.35. The Balaban J connectivity index is 2.18. The van der Waals surface area contributed by atoms with Crippen LogP contribution < -0.4 is 4.90 Å². The summed E-state index contributed by atoms with van der Waals surface area (Å²) < 4.78 is 36.5. The molecule has 1 aromatic rings. The number of hydrogen-bond donors (Lipinski definition) is 0. The summed E-state index contributed by atoms with van der Waals surface area (Å²) in [6, 6.07) is 7.25. The van der Waals surface area contributed by atoms with Gasteiger partial charge in [-0.1, -0.05) is 18.2 Å². The van der Waals surface area contributed by atoms with Gasteiger partial charge in [0.1, 0.15) is 6.54 Å². The van der Waals surface area contributed by atoms with Gasteiger partial charge < -0.3 is 4.90 Å². The van der Waals surface area contributed by atoms with Gasteiger partial charge in [-0.3, -0.25) is 0 Å². The summed E-state index contributed by atoms with van der Waals surface area (Å²) in [5.41, 5.74) is 1.74. The fourth-order valence-corrected chi connectivity index (χ4v) is 1.79. The maximum atomic E-state index is 12.2. The van der Waals surface area contributed by atoms with Crippen molar-refractivity contribution in [1.82, 2.24) is 0 Å². The number of fused-ring (bicyclic) bond motifs is 1. The van der Waals surface area contributed by atoms with E-state index in [1.807, 2.05) is 12.1 Å². The van der Waals surface area contributed by atoms with Crippen LogP contribution in [0.4, 0.5) is 18.9 Å². The first-order valence-corrected chi connectivity index (χ1v) is 4.46. The van der Waals surface area contributed by atoms with Gasteiger partial charge in [-0.05, 0) is 18.1 Å². The monoisotopic (exact) mass is 201 g/mol. The zero-order chi connectivity index (χ0) is 10.2. The molecule has 1 aliphatic rings. The first-order valence-electron chi connectivity index (χ1n) is 4.46. The van der Waals surface area contributed by atoms with Crippen molar-refractivity contribution < 1.29 is 13.2 Å². The molecular formula is C10H10F3N. The molecule has 0 amide bonds. The van der Waals surface area contributed by atoms with Crippen molar-refractivity contribution in [3.63, 3.8) is 0 Å². The molecule has 0 atom stereocenters. The van der Waals surface area contributed by atoms with Crippen LogP contribution in [-0.4, -0.2) is 19.3 Å². The van der Waals surface area contributed by atoms with E-state index in [-0.39, 0.29) is 0 Å². The van der Waals surface area contributed by atoms with Crippen LogP contribution in [0.2, 0.25) is 0 Å². The van der Waals surface area contributed by atoms with E-state index >= 15 is 0 Å². The van der Waals surface area contributed by atoms with Crippen molar-refractivity contribution in [2.75, 3.05) is 18.0 Å². The SMILES string of the molecule is FC(F)(F)CN1CCc2ccccc21. The maximum absolute atomic E-state index is 12.2. The van der Waals surface area contributed by atoms with E-state index in [1.165, 1.54) is 4.90 Å². The lowest BCUT2D eigenvalue weighted by Gasteiger charge is -2.20. The molecular weight excluding hydrogens is 191 g/mol. The Bertz CT molecular complexity index is 332. The second-order valence-corrected chi connectivity index (χ2v) is 3.42. The number of rotatable bonds is 1. The Hall–Kier alpha value is -1.19. The van der Waals surface area contributed by atoms with Gasteiger partial charge in [-0.2, -0.15) is 13.2 Å². The van der Waals surface area contributed by atoms with E-state index < -0.39 is 12.7 Å². The number of benzene rings is 1. The van der Waals surface area contributed by atoms with Crippen LogP contribution in [0.1, 0.15) is 5.56 Å². The number of hydrogen-bond acceptors (Lipinski definition) is 1. The second kappa shape index (κ2) is 3.19. The van der Waals surface area contributed by atoms with Gasteiger partial charge in [0.2, 0.25) is 0 Å². The summed E-state index contributed by atoms with van der Waals surface area (Å²) >= 11 is 0. The Morgan fingerprint density at radius 3 is 2.64 bits per heavy atom. The molecule has 1 heterocycles. The summed E-state index contributed by atoms with van der Waals surface area (Å²) in [6.07, 6.45) is -3.40. The molecule has 0 N–H and O–H groups in total. The van der Waals surface area contributed by atoms with E-state index in [2.05, 4.69) is 0 Å². The molecule has 0 radical (unpaired) electrons. The normalized spacial score (nSPS) is 15.8. The van der Waals surface area contributed by atoms with Crippen LogP contribution in [-0.2, 0) is 6.42 Å². The first-order chi connectivity index (χ1) is 6.56. The zero-order valence-electron chi connectivity index (χ0n) is 7.51. The van der Waals surface area contributed by atoms with Gasteiger partial charge in [0.25, 0.3) is 0 Å². The lowest BCUT2D eigenvalue weighted by Crippen LogP contribution is -2.32. The van der Waals surface area contributed by atoms with E-state index in [1.54, 1.807) is 12.1 Å². The van der Waals surface area contributed by atoms with Crippen LogP contribution in [0.5, 0.6) is 0 Å². The quantitative estimate of drug-likeness (QED) is 0.675. The largest absolute Gasteiger partial charge is 0.405 e. The molecule has 0 unspecified atom stereocenters. The fraction of sp³-hybridized carbons (Fsp3) is 0.400. The molecule has 1 aliphatic heterocycles. The average Bonchev–Trinajstić information content (AvgIpc) is 2.47. The second-order valence-electron chi connectivity index (χ2n) is 3.42. The highest BCUT2D eigenvalue weighted by Crippen LogP contribution is 2.30. The van der Waals surface area contributed by atoms with Crippen molar-refractivity contribution in [3.8, 4) is 0 Å². The molecule has 76 valence electrons. The summed E-state index contributed by atoms with van der Waals surface area (Å²) in [5.74, 6) is 0. The molecule has 0 saturated heterocycles. The minimum atomic E-state index is -4.11. The summed E-state index contributed by atoms with van der Waals surface area (Å²) in [5, 5.41) is 0. The lowest BCUT2D eigenvalue weighted by atomic mass is 10.2. The smallest absolute Gasteiger partial charge is 0.362 e. The summed E-state index contributed by atoms with van der Waals surface area (Å²) in [6.45, 7) is -0.372. The average molecular weight is 201 g/mol. The number of alkyl halides is 3. The van der Waals surface area contributed by atoms with Gasteiger partial charge in [0, 0.05) is 12.2 Å². The Morgan fingerprint density at radius 2 is 1.93 bits per heavy atom. The van der Waals surface area contributed by atoms with Crippen molar-refractivity contribution in [2.45, 2.75) is 12.6 Å². The maximum Gasteiger partial charge on any atom is 0.405 e. The lowest BCUT2D eigenvalue weighted by molar-refractivity contribution is -0.119. The Kier molecular flexibility index (Phi) is 2.13. The summed E-state index contributed by atoms with van der Waals surface area (Å²) in [4.78, 5) is 1.38. The topological polar surface area (TPSA) is 3.24 Å². The van der Waals surface area contributed by atoms with Crippen molar-refractivity contribution in [3.05, 3.63) is 29.8 Å². The van der Waals surface area contributed by atoms with Gasteiger partial charge in [-0.15, -0.1) is 0 Å². The van der Waals surface area contributed by atoms with E-state index in [9.17, 15) is 13.2 Å². The first kappa shape index (κ1) is 9.37. The fourth-order valence-electron chi connectivity index (χ4n) is 1.79. The van der Waals surface area contributed by atoms with Crippen LogP contribution in [0.25, 0.3) is 0 Å². The van der Waals surface area contributed by atoms with Crippen LogP contribution >= 0.6 is 0 Å². The third kappa shape index (κ3) is 1.84. The van der Waals surface area contributed by atoms with Crippen LogP contribution in [0.15, 0.2) is 24.3 Å². The molecule has 0 saturated carbocycles. The van der Waals surface area contributed by atoms with Crippen molar-refractivity contribution >= 4 is 5.69 Å². The molecule has 1 nitrogen and oxygen atoms in total. The van der Waals surface area contributed by atoms with Gasteiger partial charge >= 0.3 is 6.18 Å². The van der Waals surface area contributed by atoms with Gasteiger partial charge in [0.05, 0.1) is 0 Å². The summed E-state index contributed by atoms with van der Waals surface area (Å²) in [7, 11) is 0. The zero-order valence-corrected chi connectivity index (χ0v) is 7.51. The highest BCUT2D eigenvalue weighted by Gasteiger charge is 2.33. The molecule has 2 rings (SSSR count). The standard InChI is InChI=1S/C10H10F3N/c11-10(12,13)7-14-6-5-8-3-1-2-4-9(8)14/h1-4H,5-7H2. The number of para-hydroxylation sites is 1. The van der Waals surface area contributed by atoms with E-state index in [0.717, 1.165) is 11.3 Å². The molecule has 0 fully saturated rings. The van der Waals surface area contributed by atoms with Crippen molar-refractivity contribution in [2.24, 2.45) is 0 Å². The predicted octanol–water partition coefficient (Wildman–Crippen LogP) is 2.61. The molecule has 14 heavy (non-hydrogen) atoms. The predicted molar refractivity (Wildman–Crippen MR) is 48.4 cm³/mol. The van der Waals surface area contributed by atoms with Gasteiger partial charge in [-0.25, -0.2) is 0 Å². The van der Waals surface area contributed by atoms with E-state index in [0.29, 0.717) is 13.0 Å². The Morgan fingerprint density at radius 1 is 1.21 bits per heavy atom. The van der Waals surface area contributed by atoms with Crippen LogP contribution in [0, 0.1) is 0 Å². The van der Waals surface area contributed by atoms with Gasteiger partial charge in [0.15, 0.2) is 0 Å². The highest BCUT2D eigenvalue weighted by molar-refractivity contribution is 5.57. The number of nitrogens with zero attached hydrogens (tertiary/aromatic N) is 1. The molecule has 0 aromatic heterocycles. The highest BCUT2D eigenvalue weighted by atomic mass is 19.4. The number of halogens is 3. The minimum Gasteiger partial charge on any atom is -0.362 e. The van der Waals surface area contributed by atoms with E-state index in [4.69, 9.17) is 0 Å². The molecule has 0 aliphatic carbocycles.